The lowest BCUT2D eigenvalue weighted by atomic mass is 9.92. The molecule has 0 heterocycles. The topological polar surface area (TPSA) is 90.5 Å². The summed E-state index contributed by atoms with van der Waals surface area (Å²) in [7, 11) is 0. The predicted octanol–water partition coefficient (Wildman–Crippen LogP) is 1.40. The molecule has 0 aliphatic heterocycles. The van der Waals surface area contributed by atoms with Gasteiger partial charge in [-0.15, -0.1) is 0 Å². The van der Waals surface area contributed by atoms with Crippen molar-refractivity contribution in [2.24, 2.45) is 0 Å². The Kier molecular flexibility index (Phi) is 7.33. The molecule has 1 rings (SSSR count). The molecule has 4 N–H and O–H groups in total. The van der Waals surface area contributed by atoms with E-state index >= 15 is 0 Å². The van der Waals surface area contributed by atoms with Gasteiger partial charge in [0.1, 0.15) is 0 Å². The van der Waals surface area contributed by atoms with Crippen molar-refractivity contribution >= 4 is 34.9 Å². The lowest BCUT2D eigenvalue weighted by molar-refractivity contribution is -0.137. The van der Waals surface area contributed by atoms with Crippen LogP contribution in [0.3, 0.4) is 0 Å². The minimum absolute atomic E-state index is 0.0900. The quantitative estimate of drug-likeness (QED) is 0.324. The summed E-state index contributed by atoms with van der Waals surface area (Å²) in [5.74, 6) is -0.832. The maximum absolute atomic E-state index is 11.5. The summed E-state index contributed by atoms with van der Waals surface area (Å²) in [6.45, 7) is 0.406. The van der Waals surface area contributed by atoms with Gasteiger partial charge in [0, 0.05) is 47.9 Å². The number of amides is 2. The molecule has 2 amide bonds. The van der Waals surface area contributed by atoms with Crippen LogP contribution in [0.15, 0.2) is 0 Å². The first kappa shape index (κ1) is 15.5. The van der Waals surface area contributed by atoms with Crippen LogP contribution in [0, 0.1) is 0 Å². The van der Waals surface area contributed by atoms with Gasteiger partial charge >= 0.3 is 12.0 Å². The molecule has 0 aromatic rings. The fourth-order valence-electron chi connectivity index (χ4n) is 2.02. The van der Waals surface area contributed by atoms with E-state index in [9.17, 15) is 9.59 Å². The highest BCUT2D eigenvalue weighted by Crippen LogP contribution is 2.19. The van der Waals surface area contributed by atoms with Crippen LogP contribution >= 0.6 is 22.9 Å². The molecule has 0 radical (unpaired) electrons. The van der Waals surface area contributed by atoms with E-state index in [1.54, 1.807) is 0 Å². The van der Waals surface area contributed by atoms with E-state index in [2.05, 4.69) is 37.0 Å². The molecule has 6 nitrogen and oxygen atoms in total. The van der Waals surface area contributed by atoms with Gasteiger partial charge in [-0.05, 0) is 32.1 Å². The van der Waals surface area contributed by atoms with Crippen molar-refractivity contribution in [3.63, 3.8) is 0 Å². The molecule has 0 bridgehead atoms. The predicted molar refractivity (Wildman–Crippen MR) is 76.6 cm³/mol. The van der Waals surface area contributed by atoms with Gasteiger partial charge in [-0.2, -0.15) is 0 Å². The highest BCUT2D eigenvalue weighted by Gasteiger charge is 2.21. The summed E-state index contributed by atoms with van der Waals surface area (Å²) < 4.78 is 3.22. The van der Waals surface area contributed by atoms with E-state index in [0.717, 1.165) is 25.7 Å². The zero-order valence-electron chi connectivity index (χ0n) is 10.2. The standard InChI is InChI=1S/C11H20IN3O3/c12-15-9-5-3-8(4-6-9)14-11(18)13-7-1-2-10(16)17/h8-9,15H,1-7H2,(H,16,17)(H2,13,14,18). The zero-order chi connectivity index (χ0) is 13.4. The van der Waals surface area contributed by atoms with Crippen molar-refractivity contribution in [2.75, 3.05) is 6.54 Å². The third kappa shape index (κ3) is 6.39. The minimum atomic E-state index is -0.832. The highest BCUT2D eigenvalue weighted by molar-refractivity contribution is 14.1. The normalized spacial score (nSPS) is 23.4. The summed E-state index contributed by atoms with van der Waals surface area (Å²) >= 11 is 2.17. The third-order valence-electron chi connectivity index (χ3n) is 3.07. The molecule has 0 unspecified atom stereocenters. The van der Waals surface area contributed by atoms with Crippen LogP contribution in [-0.2, 0) is 4.79 Å². The largest absolute Gasteiger partial charge is 0.481 e. The van der Waals surface area contributed by atoms with Crippen LogP contribution in [0.5, 0.6) is 0 Å². The highest BCUT2D eigenvalue weighted by atomic mass is 127. The van der Waals surface area contributed by atoms with E-state index in [-0.39, 0.29) is 18.5 Å². The first-order chi connectivity index (χ1) is 8.61. The number of halogens is 1. The number of urea groups is 1. The van der Waals surface area contributed by atoms with Gasteiger partial charge < -0.3 is 15.7 Å². The van der Waals surface area contributed by atoms with Crippen LogP contribution in [0.25, 0.3) is 0 Å². The van der Waals surface area contributed by atoms with Gasteiger partial charge in [0.2, 0.25) is 0 Å². The van der Waals surface area contributed by atoms with Gasteiger partial charge in [0.25, 0.3) is 0 Å². The Morgan fingerprint density at radius 3 is 2.33 bits per heavy atom. The monoisotopic (exact) mass is 369 g/mol. The molecular weight excluding hydrogens is 349 g/mol. The fraction of sp³-hybridized carbons (Fsp3) is 0.818. The summed E-state index contributed by atoms with van der Waals surface area (Å²) in [5.41, 5.74) is 0. The molecule has 0 spiro atoms. The molecule has 1 aliphatic rings. The second-order valence-electron chi connectivity index (χ2n) is 4.56. The van der Waals surface area contributed by atoms with Gasteiger partial charge in [-0.1, -0.05) is 0 Å². The van der Waals surface area contributed by atoms with Crippen LogP contribution < -0.4 is 14.2 Å². The average Bonchev–Trinajstić information content (AvgIpc) is 2.35. The van der Waals surface area contributed by atoms with Crippen LogP contribution in [-0.4, -0.2) is 35.7 Å². The van der Waals surface area contributed by atoms with E-state index in [1.165, 1.54) is 0 Å². The number of nitrogens with one attached hydrogen (secondary N) is 3. The first-order valence-corrected chi connectivity index (χ1v) is 7.32. The SMILES string of the molecule is O=C(O)CCCNC(=O)NC1CCC(NI)CC1. The Morgan fingerprint density at radius 1 is 1.17 bits per heavy atom. The molecule has 1 fully saturated rings. The summed E-state index contributed by atoms with van der Waals surface area (Å²) in [6.07, 6.45) is 4.69. The van der Waals surface area contributed by atoms with Crippen molar-refractivity contribution in [2.45, 2.75) is 50.6 Å². The Balaban J connectivity index is 2.08. The Labute approximate surface area is 121 Å². The maximum Gasteiger partial charge on any atom is 0.315 e. The minimum Gasteiger partial charge on any atom is -0.481 e. The maximum atomic E-state index is 11.5. The fourth-order valence-corrected chi connectivity index (χ4v) is 2.65. The Morgan fingerprint density at radius 2 is 1.78 bits per heavy atom. The second kappa shape index (κ2) is 8.52. The van der Waals surface area contributed by atoms with Crippen molar-refractivity contribution < 1.29 is 14.7 Å². The molecule has 0 saturated heterocycles. The van der Waals surface area contributed by atoms with Gasteiger partial charge in [-0.3, -0.25) is 8.32 Å². The number of hydrogen-bond acceptors (Lipinski definition) is 3. The molecule has 1 aliphatic carbocycles. The van der Waals surface area contributed by atoms with Crippen LogP contribution in [0.1, 0.15) is 38.5 Å². The molecule has 0 atom stereocenters. The number of hydrogen-bond donors (Lipinski definition) is 4. The molecule has 7 heteroatoms. The van der Waals surface area contributed by atoms with E-state index in [0.29, 0.717) is 19.0 Å². The van der Waals surface area contributed by atoms with E-state index < -0.39 is 5.97 Å². The van der Waals surface area contributed by atoms with Crippen LogP contribution in [0.4, 0.5) is 4.79 Å². The lowest BCUT2D eigenvalue weighted by Gasteiger charge is -2.28. The number of carbonyl (C=O) groups is 2. The number of rotatable bonds is 6. The van der Waals surface area contributed by atoms with Gasteiger partial charge in [0.15, 0.2) is 0 Å². The van der Waals surface area contributed by atoms with Crippen molar-refractivity contribution in [1.29, 1.82) is 0 Å². The number of aliphatic carboxylic acids is 1. The average molecular weight is 369 g/mol. The molecule has 0 aromatic heterocycles. The Bertz CT molecular complexity index is 281. The third-order valence-corrected chi connectivity index (χ3v) is 3.95. The van der Waals surface area contributed by atoms with Crippen LogP contribution in [0.2, 0.25) is 0 Å². The first-order valence-electron chi connectivity index (χ1n) is 6.24. The Hall–Kier alpha value is -0.570. The zero-order valence-corrected chi connectivity index (χ0v) is 12.4. The van der Waals surface area contributed by atoms with Crippen molar-refractivity contribution in [3.8, 4) is 0 Å². The second-order valence-corrected chi connectivity index (χ2v) is 5.18. The molecular formula is C11H20IN3O3. The summed E-state index contributed by atoms with van der Waals surface area (Å²) in [4.78, 5) is 21.8. The van der Waals surface area contributed by atoms with Crippen molar-refractivity contribution in [3.05, 3.63) is 0 Å². The van der Waals surface area contributed by atoms with E-state index in [1.807, 2.05) is 0 Å². The van der Waals surface area contributed by atoms with Crippen molar-refractivity contribution in [1.82, 2.24) is 14.2 Å². The van der Waals surface area contributed by atoms with Gasteiger partial charge in [0.05, 0.1) is 0 Å². The molecule has 0 aromatic carbocycles. The molecule has 18 heavy (non-hydrogen) atoms. The molecule has 104 valence electrons. The lowest BCUT2D eigenvalue weighted by Crippen LogP contribution is -2.45. The van der Waals surface area contributed by atoms with E-state index in [4.69, 9.17) is 5.11 Å². The number of carboxylic acid groups (broad SMARTS) is 1. The summed E-state index contributed by atoms with van der Waals surface area (Å²) in [5, 5.41) is 14.1. The molecule has 1 saturated carbocycles. The number of carboxylic acids is 1. The summed E-state index contributed by atoms with van der Waals surface area (Å²) in [6, 6.07) is 0.610. The van der Waals surface area contributed by atoms with Gasteiger partial charge in [-0.25, -0.2) is 4.79 Å². The smallest absolute Gasteiger partial charge is 0.315 e. The number of carbonyl (C=O) groups excluding carboxylic acids is 1.